The molecule has 0 aromatic carbocycles. The number of primary amides is 1. The van der Waals surface area contributed by atoms with Crippen LogP contribution in [0.2, 0.25) is 0 Å². The van der Waals surface area contributed by atoms with Crippen LogP contribution in [-0.2, 0) is 4.79 Å². The Labute approximate surface area is 68.6 Å². The maximum absolute atomic E-state index is 10.7. The molecule has 1 atom stereocenters. The zero-order chi connectivity index (χ0) is 8.85. The highest BCUT2D eigenvalue weighted by molar-refractivity contribution is 5.76. The molecule has 0 heterocycles. The lowest BCUT2D eigenvalue weighted by molar-refractivity contribution is -0.122. The van der Waals surface area contributed by atoms with Crippen molar-refractivity contribution in [1.29, 1.82) is 0 Å². The number of carbonyl (C=O) groups excluding carboxylic acids is 1. The average Bonchev–Trinajstić information content (AvgIpc) is 1.87. The van der Waals surface area contributed by atoms with Crippen molar-refractivity contribution in [2.45, 2.75) is 19.8 Å². The zero-order valence-electron chi connectivity index (χ0n) is 7.63. The van der Waals surface area contributed by atoms with E-state index in [0.29, 0.717) is 0 Å². The van der Waals surface area contributed by atoms with Gasteiger partial charge in [-0.2, -0.15) is 0 Å². The number of nitrogens with zero attached hydrogens (tertiary/aromatic N) is 1. The third-order valence-corrected chi connectivity index (χ3v) is 1.82. The predicted octanol–water partition coefficient (Wildman–Crippen LogP) is 0.450. The number of hydrogen-bond acceptors (Lipinski definition) is 2. The highest BCUT2D eigenvalue weighted by Gasteiger charge is 2.11. The molecule has 0 aromatic rings. The summed E-state index contributed by atoms with van der Waals surface area (Å²) >= 11 is 0. The average molecular weight is 158 g/mol. The van der Waals surface area contributed by atoms with Gasteiger partial charge in [-0.25, -0.2) is 0 Å². The van der Waals surface area contributed by atoms with Crippen molar-refractivity contribution in [1.82, 2.24) is 4.90 Å². The maximum atomic E-state index is 10.7. The molecule has 1 unspecified atom stereocenters. The molecule has 3 heteroatoms. The molecular formula is C8H18N2O. The summed E-state index contributed by atoms with van der Waals surface area (Å²) in [5, 5.41) is 0. The van der Waals surface area contributed by atoms with Gasteiger partial charge in [0.2, 0.25) is 5.91 Å². The number of nitrogens with two attached hydrogens (primary N) is 1. The molecule has 0 aromatic heterocycles. The minimum atomic E-state index is -0.172. The molecule has 1 amide bonds. The van der Waals surface area contributed by atoms with E-state index >= 15 is 0 Å². The van der Waals surface area contributed by atoms with Crippen LogP contribution in [0.25, 0.3) is 0 Å². The SMILES string of the molecule is CCC(CCN(C)C)C(N)=O. The Morgan fingerprint density at radius 2 is 2.09 bits per heavy atom. The number of carbonyl (C=O) groups is 1. The Morgan fingerprint density at radius 3 is 2.36 bits per heavy atom. The lowest BCUT2D eigenvalue weighted by Crippen LogP contribution is -2.26. The van der Waals surface area contributed by atoms with Crippen molar-refractivity contribution < 1.29 is 4.79 Å². The summed E-state index contributed by atoms with van der Waals surface area (Å²) in [6.07, 6.45) is 1.72. The summed E-state index contributed by atoms with van der Waals surface area (Å²) in [5.41, 5.74) is 5.18. The fraction of sp³-hybridized carbons (Fsp3) is 0.875. The van der Waals surface area contributed by atoms with Crippen LogP contribution in [-0.4, -0.2) is 31.4 Å². The molecular weight excluding hydrogens is 140 g/mol. The van der Waals surface area contributed by atoms with Crippen LogP contribution >= 0.6 is 0 Å². The van der Waals surface area contributed by atoms with Crippen LogP contribution in [0, 0.1) is 5.92 Å². The van der Waals surface area contributed by atoms with E-state index in [1.54, 1.807) is 0 Å². The molecule has 66 valence electrons. The van der Waals surface area contributed by atoms with Crippen LogP contribution in [0.1, 0.15) is 19.8 Å². The van der Waals surface area contributed by atoms with Crippen molar-refractivity contribution in [2.75, 3.05) is 20.6 Å². The van der Waals surface area contributed by atoms with Crippen molar-refractivity contribution >= 4 is 5.91 Å². The number of hydrogen-bond donors (Lipinski definition) is 1. The van der Waals surface area contributed by atoms with E-state index in [2.05, 4.69) is 4.90 Å². The Kier molecular flexibility index (Phi) is 4.86. The van der Waals surface area contributed by atoms with Crippen LogP contribution in [0.4, 0.5) is 0 Å². The summed E-state index contributed by atoms with van der Waals surface area (Å²) in [6, 6.07) is 0. The predicted molar refractivity (Wildman–Crippen MR) is 46.1 cm³/mol. The van der Waals surface area contributed by atoms with Gasteiger partial charge in [-0.1, -0.05) is 6.92 Å². The molecule has 0 saturated carbocycles. The smallest absolute Gasteiger partial charge is 0.220 e. The second-order valence-electron chi connectivity index (χ2n) is 3.10. The van der Waals surface area contributed by atoms with Gasteiger partial charge in [-0.15, -0.1) is 0 Å². The molecule has 0 aliphatic heterocycles. The molecule has 0 aliphatic rings. The second-order valence-corrected chi connectivity index (χ2v) is 3.10. The topological polar surface area (TPSA) is 46.3 Å². The van der Waals surface area contributed by atoms with Crippen molar-refractivity contribution in [3.05, 3.63) is 0 Å². The standard InChI is InChI=1S/C8H18N2O/c1-4-7(8(9)11)5-6-10(2)3/h7H,4-6H2,1-3H3,(H2,9,11). The first-order valence-electron chi connectivity index (χ1n) is 4.02. The molecule has 3 nitrogen and oxygen atoms in total. The lowest BCUT2D eigenvalue weighted by atomic mass is 10.0. The van der Waals surface area contributed by atoms with Gasteiger partial charge in [0.1, 0.15) is 0 Å². The normalized spacial score (nSPS) is 13.5. The Morgan fingerprint density at radius 1 is 1.55 bits per heavy atom. The van der Waals surface area contributed by atoms with E-state index in [1.165, 1.54) is 0 Å². The summed E-state index contributed by atoms with van der Waals surface area (Å²) < 4.78 is 0. The number of rotatable bonds is 5. The van der Waals surface area contributed by atoms with E-state index in [9.17, 15) is 4.79 Å². The van der Waals surface area contributed by atoms with Gasteiger partial charge >= 0.3 is 0 Å². The Balaban J connectivity index is 3.61. The van der Waals surface area contributed by atoms with E-state index in [-0.39, 0.29) is 11.8 Å². The summed E-state index contributed by atoms with van der Waals surface area (Å²) in [5.74, 6) is -0.119. The first-order valence-corrected chi connectivity index (χ1v) is 4.02. The van der Waals surface area contributed by atoms with Gasteiger partial charge in [0.05, 0.1) is 0 Å². The van der Waals surface area contributed by atoms with E-state index < -0.39 is 0 Å². The van der Waals surface area contributed by atoms with Crippen molar-refractivity contribution in [3.8, 4) is 0 Å². The second kappa shape index (κ2) is 5.13. The largest absolute Gasteiger partial charge is 0.369 e. The Bertz CT molecular complexity index is 123. The van der Waals surface area contributed by atoms with Crippen LogP contribution in [0.15, 0.2) is 0 Å². The molecule has 0 radical (unpaired) electrons. The fourth-order valence-electron chi connectivity index (χ4n) is 0.962. The molecule has 0 rings (SSSR count). The summed E-state index contributed by atoms with van der Waals surface area (Å²) in [6.45, 7) is 2.92. The van der Waals surface area contributed by atoms with Crippen LogP contribution in [0.5, 0.6) is 0 Å². The monoisotopic (exact) mass is 158 g/mol. The van der Waals surface area contributed by atoms with Gasteiger partial charge < -0.3 is 10.6 Å². The molecule has 11 heavy (non-hydrogen) atoms. The fourth-order valence-corrected chi connectivity index (χ4v) is 0.962. The molecule has 0 bridgehead atoms. The van der Waals surface area contributed by atoms with E-state index in [0.717, 1.165) is 19.4 Å². The molecule has 0 aliphatic carbocycles. The Hall–Kier alpha value is -0.570. The molecule has 0 saturated heterocycles. The summed E-state index contributed by atoms with van der Waals surface area (Å²) in [7, 11) is 3.99. The summed E-state index contributed by atoms with van der Waals surface area (Å²) in [4.78, 5) is 12.8. The van der Waals surface area contributed by atoms with Gasteiger partial charge in [0.15, 0.2) is 0 Å². The van der Waals surface area contributed by atoms with E-state index in [1.807, 2.05) is 21.0 Å². The van der Waals surface area contributed by atoms with Crippen LogP contribution in [0.3, 0.4) is 0 Å². The quantitative estimate of drug-likeness (QED) is 0.631. The molecule has 0 fully saturated rings. The molecule has 2 N–H and O–H groups in total. The van der Waals surface area contributed by atoms with E-state index in [4.69, 9.17) is 5.73 Å². The van der Waals surface area contributed by atoms with Gasteiger partial charge in [-0.05, 0) is 33.5 Å². The third kappa shape index (κ3) is 4.79. The van der Waals surface area contributed by atoms with Crippen LogP contribution < -0.4 is 5.73 Å². The minimum absolute atomic E-state index is 0.0531. The first kappa shape index (κ1) is 10.4. The van der Waals surface area contributed by atoms with Gasteiger partial charge in [0, 0.05) is 5.92 Å². The van der Waals surface area contributed by atoms with Gasteiger partial charge in [0.25, 0.3) is 0 Å². The van der Waals surface area contributed by atoms with Gasteiger partial charge in [-0.3, -0.25) is 4.79 Å². The maximum Gasteiger partial charge on any atom is 0.220 e. The number of amides is 1. The lowest BCUT2D eigenvalue weighted by Gasteiger charge is -2.14. The first-order chi connectivity index (χ1) is 5.07. The third-order valence-electron chi connectivity index (χ3n) is 1.82. The van der Waals surface area contributed by atoms with Crippen molar-refractivity contribution in [3.63, 3.8) is 0 Å². The highest BCUT2D eigenvalue weighted by atomic mass is 16.1. The molecule has 0 spiro atoms. The minimum Gasteiger partial charge on any atom is -0.369 e. The van der Waals surface area contributed by atoms with Crippen molar-refractivity contribution in [2.24, 2.45) is 11.7 Å². The zero-order valence-corrected chi connectivity index (χ0v) is 7.63. The highest BCUT2D eigenvalue weighted by Crippen LogP contribution is 2.06.